The van der Waals surface area contributed by atoms with Crippen molar-refractivity contribution in [3.63, 3.8) is 0 Å². The molecule has 0 aliphatic carbocycles. The number of carbonyl (C=O) groups excluding carboxylic acids is 1. The number of carbonyl (C=O) groups is 1. The van der Waals surface area contributed by atoms with Gasteiger partial charge in [0, 0.05) is 12.7 Å². The van der Waals surface area contributed by atoms with Gasteiger partial charge in [0.15, 0.2) is 11.5 Å². The topological polar surface area (TPSA) is 64.9 Å². The maximum atomic E-state index is 12.7. The molecule has 6 nitrogen and oxygen atoms in total. The summed E-state index contributed by atoms with van der Waals surface area (Å²) in [6.07, 6.45) is 2.56. The maximum absolute atomic E-state index is 12.7. The van der Waals surface area contributed by atoms with E-state index < -0.39 is 0 Å². The summed E-state index contributed by atoms with van der Waals surface area (Å²) in [5, 5.41) is 2.96. The minimum atomic E-state index is -0.136. The Labute approximate surface area is 139 Å². The van der Waals surface area contributed by atoms with Crippen LogP contribution in [0.15, 0.2) is 42.6 Å². The Bertz CT molecular complexity index is 917. The number of aromatic nitrogens is 2. The molecule has 3 aromatic rings. The summed E-state index contributed by atoms with van der Waals surface area (Å²) in [5.74, 6) is 1.31. The highest BCUT2D eigenvalue weighted by Crippen LogP contribution is 2.32. The number of rotatable bonds is 4. The molecular formula is C18H17N3O3. The number of nitrogens with one attached hydrogen (secondary N) is 1. The number of imidazole rings is 1. The van der Waals surface area contributed by atoms with Crippen molar-refractivity contribution in [2.75, 3.05) is 6.79 Å². The molecule has 4 rings (SSSR count). The van der Waals surface area contributed by atoms with Crippen molar-refractivity contribution >= 4 is 11.6 Å². The average molecular weight is 323 g/mol. The minimum Gasteiger partial charge on any atom is -0.454 e. The lowest BCUT2D eigenvalue weighted by Crippen LogP contribution is -2.25. The summed E-state index contributed by atoms with van der Waals surface area (Å²) >= 11 is 0. The molecule has 1 aliphatic heterocycles. The number of pyridine rings is 1. The number of benzene rings is 1. The number of aryl methyl sites for hydroxylation is 1. The van der Waals surface area contributed by atoms with Crippen LogP contribution in [0.4, 0.5) is 0 Å². The van der Waals surface area contributed by atoms with Crippen molar-refractivity contribution in [1.82, 2.24) is 14.7 Å². The van der Waals surface area contributed by atoms with E-state index in [1.54, 1.807) is 0 Å². The molecular weight excluding hydrogens is 306 g/mol. The summed E-state index contributed by atoms with van der Waals surface area (Å²) in [4.78, 5) is 17.2. The van der Waals surface area contributed by atoms with Gasteiger partial charge < -0.3 is 14.8 Å². The van der Waals surface area contributed by atoms with Crippen LogP contribution in [0.25, 0.3) is 5.65 Å². The number of fused-ring (bicyclic) bond motifs is 2. The first-order valence-electron chi connectivity index (χ1n) is 7.89. The lowest BCUT2D eigenvalue weighted by atomic mass is 10.2. The average Bonchev–Trinajstić information content (AvgIpc) is 3.22. The largest absolute Gasteiger partial charge is 0.454 e. The second-order valence-electron chi connectivity index (χ2n) is 5.56. The van der Waals surface area contributed by atoms with Crippen molar-refractivity contribution in [2.24, 2.45) is 0 Å². The van der Waals surface area contributed by atoms with Crippen LogP contribution in [-0.2, 0) is 13.0 Å². The van der Waals surface area contributed by atoms with Gasteiger partial charge in [-0.05, 0) is 36.2 Å². The smallest absolute Gasteiger partial charge is 0.270 e. The quantitative estimate of drug-likeness (QED) is 0.801. The first-order chi connectivity index (χ1) is 11.8. The van der Waals surface area contributed by atoms with Gasteiger partial charge in [-0.2, -0.15) is 0 Å². The standard InChI is InChI=1S/C18H17N3O3/c1-2-13-17(21-8-4-3-5-16(21)20-13)18(22)19-10-12-6-7-14-15(9-12)24-11-23-14/h3-9H,2,10-11H2,1H3,(H,19,22). The molecule has 0 fully saturated rings. The molecule has 0 atom stereocenters. The summed E-state index contributed by atoms with van der Waals surface area (Å²) < 4.78 is 12.5. The van der Waals surface area contributed by atoms with E-state index in [2.05, 4.69) is 10.3 Å². The molecule has 0 unspecified atom stereocenters. The monoisotopic (exact) mass is 323 g/mol. The molecule has 0 saturated heterocycles. The van der Waals surface area contributed by atoms with Crippen LogP contribution in [0.5, 0.6) is 11.5 Å². The second-order valence-corrected chi connectivity index (χ2v) is 5.56. The van der Waals surface area contributed by atoms with Gasteiger partial charge in [0.2, 0.25) is 6.79 Å². The summed E-state index contributed by atoms with van der Waals surface area (Å²) in [6, 6.07) is 11.4. The lowest BCUT2D eigenvalue weighted by molar-refractivity contribution is 0.0944. The van der Waals surface area contributed by atoms with E-state index in [4.69, 9.17) is 9.47 Å². The van der Waals surface area contributed by atoms with Crippen molar-refractivity contribution in [3.05, 3.63) is 59.5 Å². The lowest BCUT2D eigenvalue weighted by Gasteiger charge is -2.07. The van der Waals surface area contributed by atoms with Gasteiger partial charge in [0.05, 0.1) is 5.69 Å². The minimum absolute atomic E-state index is 0.136. The number of amides is 1. The van der Waals surface area contributed by atoms with Crippen molar-refractivity contribution < 1.29 is 14.3 Å². The van der Waals surface area contributed by atoms with Gasteiger partial charge in [-0.3, -0.25) is 9.20 Å². The Kier molecular flexibility index (Phi) is 3.57. The van der Waals surface area contributed by atoms with Crippen LogP contribution in [0.3, 0.4) is 0 Å². The molecule has 1 aromatic carbocycles. The Morgan fingerprint density at radius 1 is 1.25 bits per heavy atom. The molecule has 1 amide bonds. The van der Waals surface area contributed by atoms with Crippen LogP contribution in [0, 0.1) is 0 Å². The first-order valence-corrected chi connectivity index (χ1v) is 7.89. The summed E-state index contributed by atoms with van der Waals surface area (Å²) in [6.45, 7) is 2.65. The third-order valence-electron chi connectivity index (χ3n) is 4.04. The molecule has 1 N–H and O–H groups in total. The highest BCUT2D eigenvalue weighted by molar-refractivity contribution is 5.94. The van der Waals surface area contributed by atoms with Crippen molar-refractivity contribution in [3.8, 4) is 11.5 Å². The Morgan fingerprint density at radius 3 is 3.00 bits per heavy atom. The second kappa shape index (κ2) is 5.88. The third kappa shape index (κ3) is 2.46. The zero-order valence-electron chi connectivity index (χ0n) is 13.3. The number of nitrogens with zero attached hydrogens (tertiary/aromatic N) is 2. The predicted molar refractivity (Wildman–Crippen MR) is 88.3 cm³/mol. The van der Waals surface area contributed by atoms with Gasteiger partial charge in [0.25, 0.3) is 5.91 Å². The summed E-state index contributed by atoms with van der Waals surface area (Å²) in [7, 11) is 0. The van der Waals surface area contributed by atoms with E-state index in [1.165, 1.54) is 0 Å². The van der Waals surface area contributed by atoms with Gasteiger partial charge in [-0.1, -0.05) is 19.1 Å². The van der Waals surface area contributed by atoms with Crippen LogP contribution in [-0.4, -0.2) is 22.1 Å². The van der Waals surface area contributed by atoms with Gasteiger partial charge in [-0.15, -0.1) is 0 Å². The third-order valence-corrected chi connectivity index (χ3v) is 4.04. The Balaban J connectivity index is 1.56. The van der Waals surface area contributed by atoms with E-state index >= 15 is 0 Å². The zero-order chi connectivity index (χ0) is 16.5. The Morgan fingerprint density at radius 2 is 2.12 bits per heavy atom. The molecule has 0 radical (unpaired) electrons. The van der Waals surface area contributed by atoms with E-state index in [0.717, 1.165) is 22.7 Å². The summed E-state index contributed by atoms with van der Waals surface area (Å²) in [5.41, 5.74) is 3.13. The highest BCUT2D eigenvalue weighted by Gasteiger charge is 2.18. The molecule has 3 heterocycles. The normalized spacial score (nSPS) is 12.5. The van der Waals surface area contributed by atoms with Crippen LogP contribution in [0.1, 0.15) is 28.7 Å². The number of hydrogen-bond donors (Lipinski definition) is 1. The van der Waals surface area contributed by atoms with Crippen LogP contribution >= 0.6 is 0 Å². The molecule has 2 aromatic heterocycles. The molecule has 0 spiro atoms. The van der Waals surface area contributed by atoms with E-state index in [0.29, 0.717) is 24.4 Å². The van der Waals surface area contributed by atoms with Gasteiger partial charge >= 0.3 is 0 Å². The van der Waals surface area contributed by atoms with Gasteiger partial charge in [-0.25, -0.2) is 4.98 Å². The highest BCUT2D eigenvalue weighted by atomic mass is 16.7. The fraction of sp³-hybridized carbons (Fsp3) is 0.222. The van der Waals surface area contributed by atoms with E-state index in [1.807, 2.05) is 53.9 Å². The fourth-order valence-electron chi connectivity index (χ4n) is 2.85. The van der Waals surface area contributed by atoms with E-state index in [9.17, 15) is 4.79 Å². The Hall–Kier alpha value is -3.02. The zero-order valence-corrected chi connectivity index (χ0v) is 13.3. The molecule has 0 bridgehead atoms. The van der Waals surface area contributed by atoms with Crippen molar-refractivity contribution in [2.45, 2.75) is 19.9 Å². The van der Waals surface area contributed by atoms with Crippen molar-refractivity contribution in [1.29, 1.82) is 0 Å². The first kappa shape index (κ1) is 14.6. The van der Waals surface area contributed by atoms with Crippen LogP contribution in [0.2, 0.25) is 0 Å². The van der Waals surface area contributed by atoms with E-state index in [-0.39, 0.29) is 12.7 Å². The maximum Gasteiger partial charge on any atom is 0.270 e. The number of ether oxygens (including phenoxy) is 2. The SMILES string of the molecule is CCc1nc2ccccn2c1C(=O)NCc1ccc2c(c1)OCO2. The number of hydrogen-bond acceptors (Lipinski definition) is 4. The molecule has 122 valence electrons. The molecule has 1 aliphatic rings. The molecule has 0 saturated carbocycles. The molecule has 24 heavy (non-hydrogen) atoms. The fourth-order valence-corrected chi connectivity index (χ4v) is 2.85. The predicted octanol–water partition coefficient (Wildman–Crippen LogP) is 2.56. The van der Waals surface area contributed by atoms with Crippen LogP contribution < -0.4 is 14.8 Å². The van der Waals surface area contributed by atoms with Gasteiger partial charge in [0.1, 0.15) is 11.3 Å². The molecule has 6 heteroatoms.